The maximum absolute atomic E-state index is 13.3. The zero-order chi connectivity index (χ0) is 39.2. The van der Waals surface area contributed by atoms with Crippen LogP contribution in [0, 0.1) is 19.7 Å². The van der Waals surface area contributed by atoms with E-state index in [9.17, 15) is 45.1 Å². The third-order valence-electron chi connectivity index (χ3n) is 7.05. The van der Waals surface area contributed by atoms with E-state index in [1.165, 1.54) is 68.4 Å². The van der Waals surface area contributed by atoms with E-state index in [1.807, 2.05) is 0 Å². The number of aromatic nitrogens is 2. The lowest BCUT2D eigenvalue weighted by atomic mass is 10.1. The highest BCUT2D eigenvalue weighted by atomic mass is 35.5. The van der Waals surface area contributed by atoms with Crippen molar-refractivity contribution < 1.29 is 45.1 Å². The number of nitrogens with zero attached hydrogens (tertiary/aromatic N) is 2. The first-order valence-corrected chi connectivity index (χ1v) is 15.6. The number of benzene rings is 3. The van der Waals surface area contributed by atoms with Gasteiger partial charge in [0.05, 0.1) is 43.9 Å². The van der Waals surface area contributed by atoms with Crippen molar-refractivity contribution >= 4 is 63.7 Å². The molecule has 5 N–H and O–H groups in total. The molecular formula is C35H25Cl2F7N6O3. The molecule has 0 atom stereocenters. The van der Waals surface area contributed by atoms with Crippen LogP contribution in [-0.4, -0.2) is 27.7 Å². The topological polar surface area (TPSA) is 139 Å². The Bertz CT molecular complexity index is 2200. The molecule has 3 aromatic carbocycles. The minimum absolute atomic E-state index is 0.0192. The maximum atomic E-state index is 13.3. The fourth-order valence-corrected chi connectivity index (χ4v) is 4.74. The van der Waals surface area contributed by atoms with Gasteiger partial charge in [-0.25, -0.2) is 14.4 Å². The molecule has 0 aliphatic heterocycles. The second kappa shape index (κ2) is 16.3. The highest BCUT2D eigenvalue weighted by Crippen LogP contribution is 2.31. The minimum atomic E-state index is -4.62. The Morgan fingerprint density at radius 3 is 1.57 bits per heavy atom. The predicted molar refractivity (Wildman–Crippen MR) is 186 cm³/mol. The summed E-state index contributed by atoms with van der Waals surface area (Å²) >= 11 is 11.8. The van der Waals surface area contributed by atoms with Crippen LogP contribution in [0.25, 0.3) is 0 Å². The number of carbonyl (C=O) groups excluding carboxylic acids is 3. The summed E-state index contributed by atoms with van der Waals surface area (Å²) in [5, 5.41) is 8.06. The first-order valence-electron chi connectivity index (χ1n) is 14.9. The first-order chi connectivity index (χ1) is 24.7. The van der Waals surface area contributed by atoms with Gasteiger partial charge in [0.15, 0.2) is 0 Å². The summed E-state index contributed by atoms with van der Waals surface area (Å²) in [6.07, 6.45) is -9.17. The van der Waals surface area contributed by atoms with Crippen LogP contribution in [0.4, 0.5) is 53.5 Å². The number of halogens is 9. The van der Waals surface area contributed by atoms with Gasteiger partial charge in [-0.3, -0.25) is 14.4 Å². The molecule has 5 rings (SSSR count). The molecule has 276 valence electrons. The molecular weight excluding hydrogens is 756 g/mol. The van der Waals surface area contributed by atoms with Gasteiger partial charge in [0.2, 0.25) is 0 Å². The number of nitrogen functional groups attached to an aromatic ring is 1. The summed E-state index contributed by atoms with van der Waals surface area (Å²) < 4.78 is 89.2. The summed E-state index contributed by atoms with van der Waals surface area (Å²) in [5.41, 5.74) is 4.45. The van der Waals surface area contributed by atoms with Gasteiger partial charge in [-0.1, -0.05) is 29.3 Å². The first kappa shape index (κ1) is 40.0. The average molecular weight is 782 g/mol. The Morgan fingerprint density at radius 2 is 1.11 bits per heavy atom. The number of rotatable bonds is 6. The van der Waals surface area contributed by atoms with Gasteiger partial charge in [0, 0.05) is 16.9 Å². The molecule has 0 bridgehead atoms. The molecule has 18 heteroatoms. The van der Waals surface area contributed by atoms with Gasteiger partial charge >= 0.3 is 12.4 Å². The Hall–Kier alpha value is -5.74. The normalized spacial score (nSPS) is 11.2. The van der Waals surface area contributed by atoms with Gasteiger partial charge in [0.1, 0.15) is 17.2 Å². The van der Waals surface area contributed by atoms with Crippen molar-refractivity contribution in [1.82, 2.24) is 9.97 Å². The molecule has 2 aromatic heterocycles. The molecule has 0 radical (unpaired) electrons. The Balaban J connectivity index is 0.000000251. The molecule has 9 nitrogen and oxygen atoms in total. The summed E-state index contributed by atoms with van der Waals surface area (Å²) in [6.45, 7) is 2.62. The number of nitrogens with two attached hydrogens (primary N) is 1. The summed E-state index contributed by atoms with van der Waals surface area (Å²) in [4.78, 5) is 43.7. The number of alkyl halides is 6. The predicted octanol–water partition coefficient (Wildman–Crippen LogP) is 9.60. The lowest BCUT2D eigenvalue weighted by Crippen LogP contribution is -2.17. The molecule has 0 saturated heterocycles. The third kappa shape index (κ3) is 10.6. The number of anilines is 4. The summed E-state index contributed by atoms with van der Waals surface area (Å²) in [6, 6.07) is 17.3. The van der Waals surface area contributed by atoms with Gasteiger partial charge < -0.3 is 21.7 Å². The van der Waals surface area contributed by atoms with Crippen molar-refractivity contribution in [3.63, 3.8) is 0 Å². The lowest BCUT2D eigenvalue weighted by Gasteiger charge is -2.12. The smallest absolute Gasteiger partial charge is 0.397 e. The summed E-state index contributed by atoms with van der Waals surface area (Å²) in [7, 11) is 0. The molecule has 2 heterocycles. The van der Waals surface area contributed by atoms with E-state index in [0.717, 1.165) is 24.3 Å². The molecule has 53 heavy (non-hydrogen) atoms. The van der Waals surface area contributed by atoms with Crippen LogP contribution in [0.3, 0.4) is 0 Å². The molecule has 0 fully saturated rings. The van der Waals surface area contributed by atoms with Crippen molar-refractivity contribution in [2.45, 2.75) is 26.2 Å². The molecule has 0 aliphatic rings. The maximum Gasteiger partial charge on any atom is 0.433 e. The van der Waals surface area contributed by atoms with Crippen LogP contribution in [0.15, 0.2) is 84.9 Å². The fourth-order valence-electron chi connectivity index (χ4n) is 4.46. The van der Waals surface area contributed by atoms with Gasteiger partial charge in [0.25, 0.3) is 17.7 Å². The van der Waals surface area contributed by atoms with Crippen LogP contribution in [0.2, 0.25) is 10.0 Å². The lowest BCUT2D eigenvalue weighted by molar-refractivity contribution is -0.142. The number of hydrogen-bond donors (Lipinski definition) is 4. The van der Waals surface area contributed by atoms with Crippen molar-refractivity contribution in [3.05, 3.63) is 140 Å². The largest absolute Gasteiger partial charge is 0.433 e. The summed E-state index contributed by atoms with van der Waals surface area (Å²) in [5.74, 6) is -2.48. The number of pyridine rings is 2. The second-order valence-corrected chi connectivity index (χ2v) is 11.8. The van der Waals surface area contributed by atoms with Crippen LogP contribution in [-0.2, 0) is 12.4 Å². The van der Waals surface area contributed by atoms with Gasteiger partial charge in [-0.05, 0) is 92.7 Å². The Kier molecular flexibility index (Phi) is 12.3. The van der Waals surface area contributed by atoms with Crippen molar-refractivity contribution in [3.8, 4) is 0 Å². The highest BCUT2D eigenvalue weighted by Gasteiger charge is 2.34. The van der Waals surface area contributed by atoms with E-state index in [2.05, 4.69) is 25.9 Å². The molecule has 5 aromatic rings. The molecule has 0 unspecified atom stereocenters. The highest BCUT2D eigenvalue weighted by molar-refractivity contribution is 6.34. The van der Waals surface area contributed by atoms with Gasteiger partial charge in [-0.15, -0.1) is 0 Å². The number of carbonyl (C=O) groups is 3. The van der Waals surface area contributed by atoms with E-state index < -0.39 is 47.3 Å². The third-order valence-corrected chi connectivity index (χ3v) is 7.73. The monoisotopic (exact) mass is 780 g/mol. The fraction of sp³-hybridized carbons (Fsp3) is 0.114. The van der Waals surface area contributed by atoms with Gasteiger partial charge in [-0.2, -0.15) is 26.3 Å². The zero-order valence-electron chi connectivity index (χ0n) is 27.2. The molecule has 0 aliphatic carbocycles. The zero-order valence-corrected chi connectivity index (χ0v) is 28.7. The second-order valence-electron chi connectivity index (χ2n) is 11.0. The van der Waals surface area contributed by atoms with E-state index >= 15 is 0 Å². The van der Waals surface area contributed by atoms with E-state index in [4.69, 9.17) is 28.9 Å². The molecule has 0 spiro atoms. The minimum Gasteiger partial charge on any atom is -0.397 e. The number of nitrogens with one attached hydrogen (secondary N) is 3. The van der Waals surface area contributed by atoms with Crippen LogP contribution in [0.5, 0.6) is 0 Å². The van der Waals surface area contributed by atoms with Crippen molar-refractivity contribution in [2.75, 3.05) is 21.7 Å². The van der Waals surface area contributed by atoms with Crippen LogP contribution in [0.1, 0.15) is 53.8 Å². The number of hydrogen-bond acceptors (Lipinski definition) is 6. The van der Waals surface area contributed by atoms with E-state index in [0.29, 0.717) is 16.8 Å². The quantitative estimate of drug-likeness (QED) is 0.100. The molecule has 3 amide bonds. The Labute approximate surface area is 306 Å². The number of amides is 3. The molecule has 0 saturated carbocycles. The van der Waals surface area contributed by atoms with E-state index in [1.54, 1.807) is 0 Å². The van der Waals surface area contributed by atoms with Crippen LogP contribution >= 0.6 is 23.2 Å². The van der Waals surface area contributed by atoms with Crippen molar-refractivity contribution in [1.29, 1.82) is 0 Å². The SMILES string of the molecule is Cc1nc(C(F)(F)F)ccc1C(=O)Nc1ccc(Cl)c(N)c1.Cc1nc(C(F)(F)F)ccc1C(=O)Nc1ccc(Cl)c(NC(=O)c2cccc(F)c2)c1. The Morgan fingerprint density at radius 1 is 0.623 bits per heavy atom. The van der Waals surface area contributed by atoms with Crippen molar-refractivity contribution in [2.24, 2.45) is 0 Å². The average Bonchev–Trinajstić information content (AvgIpc) is 3.07. The number of aryl methyl sites for hydroxylation is 2. The van der Waals surface area contributed by atoms with E-state index in [-0.39, 0.29) is 50.2 Å². The standard InChI is InChI=1S/C21H14ClF4N3O2.C14H11ClF3N3O/c1-11-15(6-8-18(27-11)21(24,25)26)20(31)28-14-5-7-16(22)17(10-14)29-19(30)12-3-2-4-13(23)9-12;1-7-9(3-5-12(20-7)14(16,17)18)13(22)21-8-2-4-10(15)11(19)6-8/h2-10H,1H3,(H,28,31)(H,29,30);2-6H,19H2,1H3,(H,21,22). The van der Waals surface area contributed by atoms with Crippen LogP contribution < -0.4 is 21.7 Å².